The second-order valence-electron chi connectivity index (χ2n) is 8.09. The zero-order valence-corrected chi connectivity index (χ0v) is 18.3. The van der Waals surface area contributed by atoms with Gasteiger partial charge in [-0.15, -0.1) is 0 Å². The fourth-order valence-electron chi connectivity index (χ4n) is 4.64. The van der Waals surface area contributed by atoms with Crippen LogP contribution in [0.25, 0.3) is 11.1 Å². The number of cyclic esters (lactones) is 1. The van der Waals surface area contributed by atoms with Crippen molar-refractivity contribution in [3.8, 4) is 11.1 Å². The van der Waals surface area contributed by atoms with E-state index in [0.717, 1.165) is 27.8 Å². The number of amides is 1. The number of benzene rings is 3. The minimum absolute atomic E-state index is 0.0457. The van der Waals surface area contributed by atoms with Gasteiger partial charge in [0.05, 0.1) is 0 Å². The third-order valence-corrected chi connectivity index (χ3v) is 6.43. The molecule has 1 saturated heterocycles. The van der Waals surface area contributed by atoms with Crippen molar-refractivity contribution in [2.24, 2.45) is 0 Å². The molecule has 0 N–H and O–H groups in total. The van der Waals surface area contributed by atoms with Gasteiger partial charge in [-0.05, 0) is 46.9 Å². The van der Waals surface area contributed by atoms with Gasteiger partial charge in [0.25, 0.3) is 0 Å². The van der Waals surface area contributed by atoms with Crippen molar-refractivity contribution in [2.75, 3.05) is 6.61 Å². The maximum atomic E-state index is 13.1. The van der Waals surface area contributed by atoms with Crippen molar-refractivity contribution >= 4 is 23.7 Å². The average Bonchev–Trinajstić information content (AvgIpc) is 3.27. The molecule has 2 aliphatic rings. The van der Waals surface area contributed by atoms with Gasteiger partial charge in [0, 0.05) is 17.4 Å². The van der Waals surface area contributed by atoms with Crippen LogP contribution in [0.15, 0.2) is 72.8 Å². The molecule has 1 heterocycles. The summed E-state index contributed by atoms with van der Waals surface area (Å²) in [6.45, 7) is 1.87. The Hall–Kier alpha value is -3.31. The molecule has 162 valence electrons. The predicted octanol–water partition coefficient (Wildman–Crippen LogP) is 5.41. The normalized spacial score (nSPS) is 19.4. The first-order chi connectivity index (χ1) is 15.5. The SMILES string of the molecule is CC1OC(=O)[C@H](Cc2ccc(Cl)cc2)N1C(=O)OCC1c2ccccc2-c2ccccc21. The fraction of sp³-hybridized carbons (Fsp3) is 0.231. The molecule has 0 aromatic heterocycles. The molecule has 0 bridgehead atoms. The van der Waals surface area contributed by atoms with Crippen molar-refractivity contribution in [1.82, 2.24) is 4.90 Å². The van der Waals surface area contributed by atoms with E-state index < -0.39 is 24.3 Å². The number of halogens is 1. The van der Waals surface area contributed by atoms with Crippen LogP contribution in [-0.2, 0) is 20.7 Å². The molecule has 6 heteroatoms. The van der Waals surface area contributed by atoms with Crippen LogP contribution in [0.3, 0.4) is 0 Å². The van der Waals surface area contributed by atoms with Gasteiger partial charge in [-0.3, -0.25) is 4.90 Å². The van der Waals surface area contributed by atoms with Gasteiger partial charge in [0.15, 0.2) is 6.23 Å². The highest BCUT2D eigenvalue weighted by Gasteiger charge is 2.44. The van der Waals surface area contributed by atoms with E-state index in [0.29, 0.717) is 11.4 Å². The Morgan fingerprint density at radius 2 is 1.56 bits per heavy atom. The van der Waals surface area contributed by atoms with Gasteiger partial charge in [-0.25, -0.2) is 9.59 Å². The lowest BCUT2D eigenvalue weighted by atomic mass is 9.98. The molecule has 0 spiro atoms. The number of esters is 1. The van der Waals surface area contributed by atoms with E-state index in [2.05, 4.69) is 24.3 Å². The second-order valence-corrected chi connectivity index (χ2v) is 8.53. The maximum Gasteiger partial charge on any atom is 0.413 e. The summed E-state index contributed by atoms with van der Waals surface area (Å²) in [6.07, 6.45) is -0.899. The first-order valence-corrected chi connectivity index (χ1v) is 11.0. The molecule has 0 saturated carbocycles. The van der Waals surface area contributed by atoms with Gasteiger partial charge in [0.2, 0.25) is 0 Å². The van der Waals surface area contributed by atoms with Gasteiger partial charge in [0.1, 0.15) is 12.6 Å². The van der Waals surface area contributed by atoms with Crippen LogP contribution in [0.4, 0.5) is 4.79 Å². The molecule has 0 radical (unpaired) electrons. The first-order valence-electron chi connectivity index (χ1n) is 10.6. The van der Waals surface area contributed by atoms with Crippen LogP contribution >= 0.6 is 11.6 Å². The number of fused-ring (bicyclic) bond motifs is 3. The summed E-state index contributed by atoms with van der Waals surface area (Å²) < 4.78 is 11.1. The smallest absolute Gasteiger partial charge is 0.413 e. The standard InChI is InChI=1S/C26H22ClNO4/c1-16-28(24(25(29)32-16)14-17-10-12-18(27)13-11-17)26(30)31-15-23-21-8-4-2-6-19(21)20-7-3-5-9-22(20)23/h2-13,16,23-24H,14-15H2,1H3/t16?,24-/m0/s1. The molecule has 5 nitrogen and oxygen atoms in total. The van der Waals surface area contributed by atoms with Gasteiger partial charge in [-0.2, -0.15) is 0 Å². The van der Waals surface area contributed by atoms with Crippen LogP contribution in [-0.4, -0.2) is 35.8 Å². The van der Waals surface area contributed by atoms with Gasteiger partial charge in [-0.1, -0.05) is 72.3 Å². The number of hydrogen-bond acceptors (Lipinski definition) is 4. The largest absolute Gasteiger partial charge is 0.448 e. The van der Waals surface area contributed by atoms with E-state index >= 15 is 0 Å². The molecular weight excluding hydrogens is 426 g/mol. The van der Waals surface area contributed by atoms with Crippen molar-refractivity contribution in [1.29, 1.82) is 0 Å². The van der Waals surface area contributed by atoms with Crippen LogP contribution < -0.4 is 0 Å². The summed E-state index contributed by atoms with van der Waals surface area (Å²) in [7, 11) is 0. The van der Waals surface area contributed by atoms with E-state index in [9.17, 15) is 9.59 Å². The van der Waals surface area contributed by atoms with E-state index in [1.807, 2.05) is 36.4 Å². The van der Waals surface area contributed by atoms with Crippen molar-refractivity contribution in [3.63, 3.8) is 0 Å². The molecule has 5 rings (SSSR count). The predicted molar refractivity (Wildman–Crippen MR) is 121 cm³/mol. The Morgan fingerprint density at radius 3 is 2.19 bits per heavy atom. The second kappa shape index (κ2) is 8.32. The van der Waals surface area contributed by atoms with E-state index in [4.69, 9.17) is 21.1 Å². The highest BCUT2D eigenvalue weighted by atomic mass is 35.5. The Morgan fingerprint density at radius 1 is 0.969 bits per heavy atom. The van der Waals surface area contributed by atoms with E-state index in [-0.39, 0.29) is 12.5 Å². The summed E-state index contributed by atoms with van der Waals surface area (Å²) in [6, 6.07) is 22.8. The summed E-state index contributed by atoms with van der Waals surface area (Å²) >= 11 is 5.96. The van der Waals surface area contributed by atoms with Crippen molar-refractivity contribution in [2.45, 2.75) is 31.5 Å². The van der Waals surface area contributed by atoms with Crippen molar-refractivity contribution < 1.29 is 19.1 Å². The zero-order chi connectivity index (χ0) is 22.2. The Labute approximate surface area is 191 Å². The molecule has 1 aliphatic heterocycles. The molecule has 1 unspecified atom stereocenters. The number of carbonyl (C=O) groups excluding carboxylic acids is 2. The molecule has 1 fully saturated rings. The lowest BCUT2D eigenvalue weighted by Crippen LogP contribution is -2.43. The van der Waals surface area contributed by atoms with E-state index in [1.165, 1.54) is 4.90 Å². The van der Waals surface area contributed by atoms with Gasteiger partial charge >= 0.3 is 12.1 Å². The van der Waals surface area contributed by atoms with Crippen LogP contribution in [0.5, 0.6) is 0 Å². The number of nitrogens with zero attached hydrogens (tertiary/aromatic N) is 1. The molecular formula is C26H22ClNO4. The summed E-state index contributed by atoms with van der Waals surface area (Å²) in [4.78, 5) is 26.9. The summed E-state index contributed by atoms with van der Waals surface area (Å²) in [5.41, 5.74) is 5.50. The fourth-order valence-corrected chi connectivity index (χ4v) is 4.77. The number of ether oxygens (including phenoxy) is 2. The summed E-state index contributed by atoms with van der Waals surface area (Å²) in [5, 5.41) is 0.615. The molecule has 3 aromatic rings. The topological polar surface area (TPSA) is 55.8 Å². The maximum absolute atomic E-state index is 13.1. The molecule has 32 heavy (non-hydrogen) atoms. The van der Waals surface area contributed by atoms with Crippen molar-refractivity contribution in [3.05, 3.63) is 94.5 Å². The highest BCUT2D eigenvalue weighted by molar-refractivity contribution is 6.30. The third-order valence-electron chi connectivity index (χ3n) is 6.18. The quantitative estimate of drug-likeness (QED) is 0.502. The van der Waals surface area contributed by atoms with Crippen LogP contribution in [0, 0.1) is 0 Å². The lowest BCUT2D eigenvalue weighted by Gasteiger charge is -2.24. The number of rotatable bonds is 4. The average molecular weight is 448 g/mol. The number of hydrogen-bond donors (Lipinski definition) is 0. The minimum Gasteiger partial charge on any atom is -0.448 e. The van der Waals surface area contributed by atoms with Gasteiger partial charge < -0.3 is 9.47 Å². The molecule has 2 atom stereocenters. The molecule has 3 aromatic carbocycles. The monoisotopic (exact) mass is 447 g/mol. The lowest BCUT2D eigenvalue weighted by molar-refractivity contribution is -0.141. The van der Waals surface area contributed by atoms with Crippen LogP contribution in [0.2, 0.25) is 5.02 Å². The highest BCUT2D eigenvalue weighted by Crippen LogP contribution is 2.44. The Kier molecular flexibility index (Phi) is 5.35. The zero-order valence-electron chi connectivity index (χ0n) is 17.5. The number of carbonyl (C=O) groups is 2. The van der Waals surface area contributed by atoms with E-state index in [1.54, 1.807) is 19.1 Å². The molecule has 1 amide bonds. The molecule has 1 aliphatic carbocycles. The first kappa shape index (κ1) is 20.6. The third kappa shape index (κ3) is 3.63. The minimum atomic E-state index is -0.734. The van der Waals surface area contributed by atoms with Crippen LogP contribution in [0.1, 0.15) is 29.5 Å². The Bertz CT molecular complexity index is 1130. The summed E-state index contributed by atoms with van der Waals surface area (Å²) in [5.74, 6) is -0.475. The Balaban J connectivity index is 1.34.